The van der Waals surface area contributed by atoms with Gasteiger partial charge in [-0.05, 0) is 25.8 Å². The van der Waals surface area contributed by atoms with Crippen LogP contribution < -0.4 is 5.32 Å². The molecule has 0 heterocycles. The first-order valence-corrected chi connectivity index (χ1v) is 5.26. The van der Waals surface area contributed by atoms with E-state index in [2.05, 4.69) is 5.32 Å². The quantitative estimate of drug-likeness (QED) is 0.512. The van der Waals surface area contributed by atoms with Gasteiger partial charge < -0.3 is 5.32 Å². The fraction of sp³-hybridized carbons (Fsp3) is 1.00. The van der Waals surface area contributed by atoms with Crippen LogP contribution in [0.15, 0.2) is 0 Å². The molecule has 0 aromatic heterocycles. The van der Waals surface area contributed by atoms with Crippen LogP contribution in [0.4, 0.5) is 0 Å². The highest BCUT2D eigenvalue weighted by Gasteiger charge is 2.11. The van der Waals surface area contributed by atoms with Crippen LogP contribution in [-0.4, -0.2) is 18.5 Å². The van der Waals surface area contributed by atoms with Crippen molar-refractivity contribution in [3.8, 4) is 0 Å². The number of alkyl halides is 1. The molecule has 1 aliphatic carbocycles. The predicted octanol–water partition coefficient (Wildman–Crippen LogP) is 2.54. The van der Waals surface area contributed by atoms with Crippen LogP contribution in [0.3, 0.4) is 0 Å². The Bertz CT molecular complexity index is 89.6. The van der Waals surface area contributed by atoms with E-state index in [1.54, 1.807) is 0 Å². The van der Waals surface area contributed by atoms with Gasteiger partial charge in [0.25, 0.3) is 0 Å². The zero-order chi connectivity index (χ0) is 7.94. The zero-order valence-corrected chi connectivity index (χ0v) is 7.87. The molecule has 1 N–H and O–H groups in total. The van der Waals surface area contributed by atoms with Gasteiger partial charge in [0.05, 0.1) is 0 Å². The van der Waals surface area contributed by atoms with Gasteiger partial charge in [-0.2, -0.15) is 0 Å². The Morgan fingerprint density at radius 3 is 2.55 bits per heavy atom. The number of hydrogen-bond donors (Lipinski definition) is 1. The average Bonchev–Trinajstić information content (AvgIpc) is 2.07. The monoisotopic (exact) mass is 175 g/mol. The fourth-order valence-electron chi connectivity index (χ4n) is 1.68. The maximum atomic E-state index is 5.58. The molecule has 0 bridgehead atoms. The topological polar surface area (TPSA) is 12.0 Å². The summed E-state index contributed by atoms with van der Waals surface area (Å²) < 4.78 is 0. The van der Waals surface area contributed by atoms with Crippen molar-refractivity contribution in [2.45, 2.75) is 44.6 Å². The lowest BCUT2D eigenvalue weighted by molar-refractivity contribution is 0.374. The highest BCUT2D eigenvalue weighted by molar-refractivity contribution is 6.17. The Hall–Kier alpha value is 0.250. The normalized spacial score (nSPS) is 20.5. The van der Waals surface area contributed by atoms with Crippen LogP contribution in [0.1, 0.15) is 38.5 Å². The van der Waals surface area contributed by atoms with E-state index in [0.717, 1.165) is 24.9 Å². The van der Waals surface area contributed by atoms with Gasteiger partial charge in [-0.3, -0.25) is 0 Å². The van der Waals surface area contributed by atoms with E-state index in [1.807, 2.05) is 0 Å². The van der Waals surface area contributed by atoms with Crippen molar-refractivity contribution < 1.29 is 0 Å². The molecule has 1 rings (SSSR count). The molecule has 0 aromatic carbocycles. The van der Waals surface area contributed by atoms with E-state index < -0.39 is 0 Å². The first-order chi connectivity index (χ1) is 5.43. The summed E-state index contributed by atoms with van der Waals surface area (Å²) in [5.74, 6) is 0.791. The summed E-state index contributed by atoms with van der Waals surface area (Å²) in [5.41, 5.74) is 0. The van der Waals surface area contributed by atoms with E-state index in [1.165, 1.54) is 32.1 Å². The van der Waals surface area contributed by atoms with Gasteiger partial charge in [0.1, 0.15) is 0 Å². The highest BCUT2D eigenvalue weighted by Crippen LogP contribution is 2.17. The van der Waals surface area contributed by atoms with E-state index >= 15 is 0 Å². The van der Waals surface area contributed by atoms with Crippen LogP contribution in [0.2, 0.25) is 0 Å². The van der Waals surface area contributed by atoms with Crippen LogP contribution in [0, 0.1) is 0 Å². The SMILES string of the molecule is ClCCCNC1CCCCC1. The summed E-state index contributed by atoms with van der Waals surface area (Å²) >= 11 is 5.58. The van der Waals surface area contributed by atoms with Crippen LogP contribution in [-0.2, 0) is 0 Å². The molecular formula is C9H18ClN. The zero-order valence-electron chi connectivity index (χ0n) is 7.11. The van der Waals surface area contributed by atoms with E-state index in [-0.39, 0.29) is 0 Å². The third-order valence-electron chi connectivity index (χ3n) is 2.35. The fourth-order valence-corrected chi connectivity index (χ4v) is 1.81. The molecule has 0 saturated heterocycles. The van der Waals surface area contributed by atoms with Crippen molar-refractivity contribution in [3.63, 3.8) is 0 Å². The third kappa shape index (κ3) is 3.97. The summed E-state index contributed by atoms with van der Waals surface area (Å²) in [6.07, 6.45) is 8.13. The van der Waals surface area contributed by atoms with Gasteiger partial charge in [0.15, 0.2) is 0 Å². The summed E-state index contributed by atoms with van der Waals surface area (Å²) in [6, 6.07) is 0.798. The predicted molar refractivity (Wildman–Crippen MR) is 50.2 cm³/mol. The Morgan fingerprint density at radius 2 is 1.91 bits per heavy atom. The first-order valence-electron chi connectivity index (χ1n) is 4.73. The molecule has 0 unspecified atom stereocenters. The van der Waals surface area contributed by atoms with Crippen molar-refractivity contribution in [2.75, 3.05) is 12.4 Å². The van der Waals surface area contributed by atoms with Crippen molar-refractivity contribution in [1.29, 1.82) is 0 Å². The molecule has 0 spiro atoms. The molecule has 1 fully saturated rings. The van der Waals surface area contributed by atoms with E-state index in [4.69, 9.17) is 11.6 Å². The lowest BCUT2D eigenvalue weighted by atomic mass is 9.95. The molecule has 1 nitrogen and oxygen atoms in total. The average molecular weight is 176 g/mol. The maximum Gasteiger partial charge on any atom is 0.0235 e. The Morgan fingerprint density at radius 1 is 1.18 bits per heavy atom. The standard InChI is InChI=1S/C9H18ClN/c10-7-4-8-11-9-5-2-1-3-6-9/h9,11H,1-8H2. The van der Waals surface area contributed by atoms with Crippen molar-refractivity contribution in [3.05, 3.63) is 0 Å². The molecule has 11 heavy (non-hydrogen) atoms. The molecule has 0 atom stereocenters. The molecule has 1 saturated carbocycles. The minimum Gasteiger partial charge on any atom is -0.314 e. The second kappa shape index (κ2) is 5.84. The Labute approximate surface area is 74.5 Å². The van der Waals surface area contributed by atoms with Gasteiger partial charge in [0.2, 0.25) is 0 Å². The molecule has 1 aliphatic rings. The number of rotatable bonds is 4. The van der Waals surface area contributed by atoms with Gasteiger partial charge in [-0.1, -0.05) is 19.3 Å². The lowest BCUT2D eigenvalue weighted by Crippen LogP contribution is -2.31. The third-order valence-corrected chi connectivity index (χ3v) is 2.62. The van der Waals surface area contributed by atoms with E-state index in [9.17, 15) is 0 Å². The Balaban J connectivity index is 1.96. The number of hydrogen-bond acceptors (Lipinski definition) is 1. The highest BCUT2D eigenvalue weighted by atomic mass is 35.5. The summed E-state index contributed by atoms with van der Waals surface area (Å²) in [6.45, 7) is 1.11. The van der Waals surface area contributed by atoms with Gasteiger partial charge in [-0.25, -0.2) is 0 Å². The minimum absolute atomic E-state index is 0.791. The van der Waals surface area contributed by atoms with Gasteiger partial charge in [0, 0.05) is 11.9 Å². The summed E-state index contributed by atoms with van der Waals surface area (Å²) in [4.78, 5) is 0. The second-order valence-electron chi connectivity index (χ2n) is 3.33. The Kier molecular flexibility index (Phi) is 4.96. The molecule has 0 aliphatic heterocycles. The molecule has 0 aromatic rings. The molecular weight excluding hydrogens is 158 g/mol. The van der Waals surface area contributed by atoms with Crippen molar-refractivity contribution >= 4 is 11.6 Å². The molecule has 66 valence electrons. The summed E-state index contributed by atoms with van der Waals surface area (Å²) in [5, 5.41) is 3.54. The lowest BCUT2D eigenvalue weighted by Gasteiger charge is -2.22. The van der Waals surface area contributed by atoms with Crippen LogP contribution in [0.25, 0.3) is 0 Å². The van der Waals surface area contributed by atoms with Crippen LogP contribution in [0.5, 0.6) is 0 Å². The molecule has 0 amide bonds. The smallest absolute Gasteiger partial charge is 0.0235 e. The van der Waals surface area contributed by atoms with Crippen molar-refractivity contribution in [2.24, 2.45) is 0 Å². The number of nitrogens with one attached hydrogen (secondary N) is 1. The molecule has 2 heteroatoms. The van der Waals surface area contributed by atoms with Gasteiger partial charge in [-0.15, -0.1) is 11.6 Å². The van der Waals surface area contributed by atoms with Crippen molar-refractivity contribution in [1.82, 2.24) is 5.32 Å². The van der Waals surface area contributed by atoms with Gasteiger partial charge >= 0.3 is 0 Å². The minimum atomic E-state index is 0.791. The summed E-state index contributed by atoms with van der Waals surface area (Å²) in [7, 11) is 0. The molecule has 0 radical (unpaired) electrons. The van der Waals surface area contributed by atoms with E-state index in [0.29, 0.717) is 0 Å². The number of halogens is 1. The van der Waals surface area contributed by atoms with Crippen LogP contribution >= 0.6 is 11.6 Å². The largest absolute Gasteiger partial charge is 0.314 e. The second-order valence-corrected chi connectivity index (χ2v) is 3.71. The first kappa shape index (κ1) is 9.34. The maximum absolute atomic E-state index is 5.58.